The summed E-state index contributed by atoms with van der Waals surface area (Å²) >= 11 is 0. The Balaban J connectivity index is 1.13. The van der Waals surface area contributed by atoms with Crippen molar-refractivity contribution in [2.75, 3.05) is 36.4 Å². The predicted octanol–water partition coefficient (Wildman–Crippen LogP) is 5.59. The standard InChI is InChI=1S/C31H36FN5O2/c1-21(2)3-5-24-14-25(32)7-8-27(24)39-28-16-33-20-34-30(28)37-12-10-31(19-37)9-11-36(18-31)17-22-4-6-23-15-29(38)35-26(23)13-22/h4,6-8,13-14,16,20-21H,3,5,9-12,15,17-19H2,1-2H3,(H,35,38). The number of nitrogens with zero attached hydrogens (tertiary/aromatic N) is 4. The number of carbonyl (C=O) groups is 1. The lowest BCUT2D eigenvalue weighted by Gasteiger charge is -2.26. The van der Waals surface area contributed by atoms with Crippen molar-refractivity contribution in [2.45, 2.75) is 52.5 Å². The highest BCUT2D eigenvalue weighted by Crippen LogP contribution is 2.43. The maximum atomic E-state index is 14.0. The Labute approximate surface area is 229 Å². The number of carbonyl (C=O) groups excluding carboxylic acids is 1. The van der Waals surface area contributed by atoms with E-state index in [0.29, 0.717) is 23.8 Å². The number of nitrogens with one attached hydrogen (secondary N) is 1. The monoisotopic (exact) mass is 529 g/mol. The number of benzene rings is 2. The van der Waals surface area contributed by atoms with Crippen LogP contribution in [0.15, 0.2) is 48.9 Å². The lowest BCUT2D eigenvalue weighted by molar-refractivity contribution is -0.115. The summed E-state index contributed by atoms with van der Waals surface area (Å²) in [6.45, 7) is 9.14. The lowest BCUT2D eigenvalue weighted by Crippen LogP contribution is -2.31. The molecule has 204 valence electrons. The zero-order valence-corrected chi connectivity index (χ0v) is 22.8. The Kier molecular flexibility index (Phi) is 6.97. The van der Waals surface area contributed by atoms with E-state index in [2.05, 4.69) is 57.1 Å². The molecule has 2 saturated heterocycles. The molecule has 4 heterocycles. The van der Waals surface area contributed by atoms with E-state index >= 15 is 0 Å². The number of ether oxygens (including phenoxy) is 1. The van der Waals surface area contributed by atoms with Crippen LogP contribution >= 0.6 is 0 Å². The Morgan fingerprint density at radius 1 is 1.10 bits per heavy atom. The largest absolute Gasteiger partial charge is 0.452 e. The third kappa shape index (κ3) is 5.62. The maximum absolute atomic E-state index is 14.0. The second kappa shape index (κ2) is 10.6. The van der Waals surface area contributed by atoms with Crippen molar-refractivity contribution in [1.29, 1.82) is 0 Å². The third-order valence-corrected chi connectivity index (χ3v) is 8.35. The predicted molar refractivity (Wildman–Crippen MR) is 150 cm³/mol. The molecule has 6 rings (SSSR count). The normalized spacial score (nSPS) is 20.7. The van der Waals surface area contributed by atoms with E-state index < -0.39 is 0 Å². The number of rotatable bonds is 8. The Bertz CT molecular complexity index is 1380. The molecule has 1 amide bonds. The van der Waals surface area contributed by atoms with Crippen LogP contribution in [0.25, 0.3) is 0 Å². The minimum atomic E-state index is -0.248. The summed E-state index contributed by atoms with van der Waals surface area (Å²) in [5.74, 6) is 2.43. The molecule has 3 aliphatic rings. The van der Waals surface area contributed by atoms with Crippen LogP contribution in [0.1, 0.15) is 49.8 Å². The SMILES string of the molecule is CC(C)CCc1cc(F)ccc1Oc1cncnc1N1CCC2(CCN(Cc3ccc4c(c3)NC(=O)C4)C2)C1. The summed E-state index contributed by atoms with van der Waals surface area (Å²) < 4.78 is 20.4. The highest BCUT2D eigenvalue weighted by molar-refractivity contribution is 5.99. The van der Waals surface area contributed by atoms with Gasteiger partial charge in [-0.1, -0.05) is 26.0 Å². The van der Waals surface area contributed by atoms with E-state index in [1.807, 2.05) is 0 Å². The fourth-order valence-electron chi connectivity index (χ4n) is 6.26. The summed E-state index contributed by atoms with van der Waals surface area (Å²) in [6, 6.07) is 11.1. The van der Waals surface area contributed by atoms with Crippen LogP contribution in [0, 0.1) is 17.2 Å². The molecule has 39 heavy (non-hydrogen) atoms. The number of anilines is 2. The molecule has 2 fully saturated rings. The molecule has 3 aromatic rings. The summed E-state index contributed by atoms with van der Waals surface area (Å²) in [6.07, 6.45) is 7.73. The quantitative estimate of drug-likeness (QED) is 0.410. The molecule has 0 aliphatic carbocycles. The van der Waals surface area contributed by atoms with E-state index in [4.69, 9.17) is 4.74 Å². The van der Waals surface area contributed by atoms with Gasteiger partial charge in [0.2, 0.25) is 5.91 Å². The number of halogens is 1. The van der Waals surface area contributed by atoms with Gasteiger partial charge in [-0.15, -0.1) is 0 Å². The van der Waals surface area contributed by atoms with Crippen LogP contribution in [0.3, 0.4) is 0 Å². The van der Waals surface area contributed by atoms with Crippen LogP contribution in [0.4, 0.5) is 15.9 Å². The van der Waals surface area contributed by atoms with E-state index in [-0.39, 0.29) is 17.1 Å². The van der Waals surface area contributed by atoms with E-state index in [9.17, 15) is 9.18 Å². The van der Waals surface area contributed by atoms with Crippen molar-refractivity contribution in [3.05, 3.63) is 71.4 Å². The van der Waals surface area contributed by atoms with Crippen LogP contribution in [-0.4, -0.2) is 47.0 Å². The van der Waals surface area contributed by atoms with Crippen LogP contribution in [-0.2, 0) is 24.2 Å². The summed E-state index contributed by atoms with van der Waals surface area (Å²) in [4.78, 5) is 25.4. The molecule has 1 atom stereocenters. The van der Waals surface area contributed by atoms with Gasteiger partial charge in [0.15, 0.2) is 11.6 Å². The second-order valence-corrected chi connectivity index (χ2v) is 11.8. The number of hydrogen-bond donors (Lipinski definition) is 1. The lowest BCUT2D eigenvalue weighted by atomic mass is 9.86. The number of aryl methyl sites for hydroxylation is 1. The van der Waals surface area contributed by atoms with Gasteiger partial charge in [-0.3, -0.25) is 9.69 Å². The highest BCUT2D eigenvalue weighted by Gasteiger charge is 2.44. The molecule has 8 heteroatoms. The summed E-state index contributed by atoms with van der Waals surface area (Å²) in [5.41, 5.74) is 4.37. The Morgan fingerprint density at radius 2 is 1.97 bits per heavy atom. The second-order valence-electron chi connectivity index (χ2n) is 11.8. The molecule has 1 unspecified atom stereocenters. The maximum Gasteiger partial charge on any atom is 0.228 e. The number of aromatic nitrogens is 2. The van der Waals surface area contributed by atoms with Gasteiger partial charge in [-0.05, 0) is 79.1 Å². The number of amides is 1. The van der Waals surface area contributed by atoms with Gasteiger partial charge in [0.05, 0.1) is 12.6 Å². The van der Waals surface area contributed by atoms with Crippen molar-refractivity contribution >= 4 is 17.4 Å². The molecule has 1 aromatic heterocycles. The van der Waals surface area contributed by atoms with E-state index in [1.165, 1.54) is 11.6 Å². The molecule has 1 spiro atoms. The minimum Gasteiger partial charge on any atom is -0.452 e. The first-order valence-corrected chi connectivity index (χ1v) is 14.0. The smallest absolute Gasteiger partial charge is 0.228 e. The molecule has 3 aliphatic heterocycles. The summed E-state index contributed by atoms with van der Waals surface area (Å²) in [7, 11) is 0. The average Bonchev–Trinajstić information content (AvgIpc) is 3.62. The highest BCUT2D eigenvalue weighted by atomic mass is 19.1. The van der Waals surface area contributed by atoms with E-state index in [0.717, 1.165) is 81.0 Å². The van der Waals surface area contributed by atoms with Crippen molar-refractivity contribution in [3.63, 3.8) is 0 Å². The molecule has 0 bridgehead atoms. The van der Waals surface area contributed by atoms with Crippen LogP contribution in [0.5, 0.6) is 11.5 Å². The first kappa shape index (κ1) is 25.7. The van der Waals surface area contributed by atoms with Gasteiger partial charge in [0, 0.05) is 37.3 Å². The molecule has 2 aromatic carbocycles. The first-order chi connectivity index (χ1) is 18.9. The van der Waals surface area contributed by atoms with Crippen molar-refractivity contribution in [2.24, 2.45) is 11.3 Å². The fourth-order valence-corrected chi connectivity index (χ4v) is 6.26. The molecule has 0 radical (unpaired) electrons. The molecule has 1 N–H and O–H groups in total. The van der Waals surface area contributed by atoms with Crippen LogP contribution in [0.2, 0.25) is 0 Å². The van der Waals surface area contributed by atoms with Crippen molar-refractivity contribution < 1.29 is 13.9 Å². The Hall–Kier alpha value is -3.52. The molecular weight excluding hydrogens is 493 g/mol. The third-order valence-electron chi connectivity index (χ3n) is 8.35. The van der Waals surface area contributed by atoms with Crippen LogP contribution < -0.4 is 15.0 Å². The summed E-state index contributed by atoms with van der Waals surface area (Å²) in [5, 5.41) is 2.97. The topological polar surface area (TPSA) is 70.6 Å². The number of fused-ring (bicyclic) bond motifs is 1. The molecular formula is C31H36FN5O2. The zero-order valence-electron chi connectivity index (χ0n) is 22.8. The zero-order chi connectivity index (χ0) is 27.0. The minimum absolute atomic E-state index is 0.0765. The van der Waals surface area contributed by atoms with Gasteiger partial charge in [0.1, 0.15) is 17.9 Å². The molecule has 7 nitrogen and oxygen atoms in total. The first-order valence-electron chi connectivity index (χ1n) is 14.0. The van der Waals surface area contributed by atoms with Gasteiger partial charge in [0.25, 0.3) is 0 Å². The number of hydrogen-bond acceptors (Lipinski definition) is 6. The Morgan fingerprint density at radius 3 is 2.85 bits per heavy atom. The van der Waals surface area contributed by atoms with Crippen molar-refractivity contribution in [1.82, 2.24) is 14.9 Å². The average molecular weight is 530 g/mol. The van der Waals surface area contributed by atoms with Gasteiger partial charge < -0.3 is 15.0 Å². The van der Waals surface area contributed by atoms with Gasteiger partial charge in [-0.2, -0.15) is 0 Å². The van der Waals surface area contributed by atoms with E-state index in [1.54, 1.807) is 24.7 Å². The van der Waals surface area contributed by atoms with Crippen molar-refractivity contribution in [3.8, 4) is 11.5 Å². The van der Waals surface area contributed by atoms with Gasteiger partial charge in [-0.25, -0.2) is 14.4 Å². The fraction of sp³-hybridized carbons (Fsp3) is 0.452. The van der Waals surface area contributed by atoms with Gasteiger partial charge >= 0.3 is 0 Å². The number of likely N-dealkylation sites (tertiary alicyclic amines) is 1. The molecule has 0 saturated carbocycles.